The molecule has 0 saturated carbocycles. The molecule has 0 radical (unpaired) electrons. The summed E-state index contributed by atoms with van der Waals surface area (Å²) in [5.41, 5.74) is 0.540. The van der Waals surface area contributed by atoms with Crippen molar-refractivity contribution in [3.8, 4) is 0 Å². The Kier molecular flexibility index (Phi) is 3.95. The van der Waals surface area contributed by atoms with Crippen molar-refractivity contribution in [1.82, 2.24) is 9.97 Å². The molecule has 120 valence electrons. The Morgan fingerprint density at radius 3 is 2.57 bits per heavy atom. The maximum absolute atomic E-state index is 12.9. The predicted molar refractivity (Wildman–Crippen MR) is 88.1 cm³/mol. The van der Waals surface area contributed by atoms with Crippen molar-refractivity contribution in [1.29, 1.82) is 0 Å². The highest BCUT2D eigenvalue weighted by Crippen LogP contribution is 2.33. The molecule has 0 aliphatic rings. The van der Waals surface area contributed by atoms with Crippen LogP contribution in [-0.4, -0.2) is 25.4 Å². The van der Waals surface area contributed by atoms with Crippen LogP contribution in [-0.2, 0) is 10.0 Å². The first kappa shape index (κ1) is 16.0. The van der Waals surface area contributed by atoms with Gasteiger partial charge in [-0.2, -0.15) is 0 Å². The van der Waals surface area contributed by atoms with Gasteiger partial charge in [0.05, 0.1) is 16.2 Å². The second-order valence-corrected chi connectivity index (χ2v) is 7.52. The van der Waals surface area contributed by atoms with E-state index in [4.69, 9.17) is 23.2 Å². The quantitative estimate of drug-likeness (QED) is 0.758. The number of benzene rings is 1. The summed E-state index contributed by atoms with van der Waals surface area (Å²) in [5.74, 6) is -0.450. The number of halogens is 3. The molecule has 0 spiro atoms. The van der Waals surface area contributed by atoms with Crippen LogP contribution in [0.3, 0.4) is 0 Å². The van der Waals surface area contributed by atoms with Crippen molar-refractivity contribution >= 4 is 49.9 Å². The topological polar surface area (TPSA) is 66.1 Å². The summed E-state index contributed by atoms with van der Waals surface area (Å²) in [5, 5.41) is 0.977. The lowest BCUT2D eigenvalue weighted by molar-refractivity contribution is 0.594. The van der Waals surface area contributed by atoms with Crippen LogP contribution < -0.4 is 4.31 Å². The number of rotatable bonds is 3. The normalized spacial score (nSPS) is 11.8. The predicted octanol–water partition coefficient (Wildman–Crippen LogP) is 3.83. The van der Waals surface area contributed by atoms with Gasteiger partial charge in [0.15, 0.2) is 0 Å². The van der Waals surface area contributed by atoms with Gasteiger partial charge in [-0.15, -0.1) is 0 Å². The molecule has 0 unspecified atom stereocenters. The number of nitrogens with one attached hydrogen (secondary N) is 1. The summed E-state index contributed by atoms with van der Waals surface area (Å²) in [6.07, 6.45) is 2.31. The average Bonchev–Trinajstić information content (AvgIpc) is 2.91. The number of H-pyrrole nitrogens is 1. The van der Waals surface area contributed by atoms with Gasteiger partial charge in [0.1, 0.15) is 16.5 Å². The van der Waals surface area contributed by atoms with Gasteiger partial charge in [0.25, 0.3) is 10.0 Å². The highest BCUT2D eigenvalue weighted by atomic mass is 35.5. The van der Waals surface area contributed by atoms with Gasteiger partial charge in [0, 0.05) is 24.1 Å². The van der Waals surface area contributed by atoms with Crippen LogP contribution in [0.4, 0.5) is 10.2 Å². The van der Waals surface area contributed by atoms with Crippen LogP contribution in [0.25, 0.3) is 10.9 Å². The van der Waals surface area contributed by atoms with Crippen molar-refractivity contribution in [3.05, 3.63) is 52.5 Å². The largest absolute Gasteiger partial charge is 0.360 e. The van der Waals surface area contributed by atoms with E-state index < -0.39 is 15.8 Å². The van der Waals surface area contributed by atoms with E-state index in [2.05, 4.69) is 9.97 Å². The first-order chi connectivity index (χ1) is 10.8. The molecule has 0 bridgehead atoms. The van der Waals surface area contributed by atoms with Crippen molar-refractivity contribution in [2.24, 2.45) is 0 Å². The number of aromatic amines is 1. The lowest BCUT2D eigenvalue weighted by atomic mass is 10.2. The van der Waals surface area contributed by atoms with Crippen molar-refractivity contribution in [2.75, 3.05) is 11.4 Å². The zero-order chi connectivity index (χ0) is 16.8. The summed E-state index contributed by atoms with van der Waals surface area (Å²) in [4.78, 5) is 6.66. The second-order valence-electron chi connectivity index (χ2n) is 4.77. The van der Waals surface area contributed by atoms with E-state index in [1.807, 2.05) is 0 Å². The highest BCUT2D eigenvalue weighted by molar-refractivity contribution is 7.93. The van der Waals surface area contributed by atoms with Gasteiger partial charge in [0.2, 0.25) is 0 Å². The lowest BCUT2D eigenvalue weighted by Crippen LogP contribution is -2.27. The average molecular weight is 374 g/mol. The van der Waals surface area contributed by atoms with Crippen LogP contribution in [0.2, 0.25) is 10.0 Å². The Morgan fingerprint density at radius 2 is 1.91 bits per heavy atom. The van der Waals surface area contributed by atoms with E-state index >= 15 is 0 Å². The first-order valence-electron chi connectivity index (χ1n) is 6.37. The molecule has 0 fully saturated rings. The summed E-state index contributed by atoms with van der Waals surface area (Å²) >= 11 is 11.9. The molecule has 0 aliphatic carbocycles. The molecule has 2 aromatic heterocycles. The van der Waals surface area contributed by atoms with Gasteiger partial charge in [-0.3, -0.25) is 4.31 Å². The molecule has 23 heavy (non-hydrogen) atoms. The molecular formula is C14H10Cl2FN3O2S. The van der Waals surface area contributed by atoms with Crippen LogP contribution in [0.15, 0.2) is 41.6 Å². The smallest absolute Gasteiger partial charge is 0.267 e. The summed E-state index contributed by atoms with van der Waals surface area (Å²) in [6, 6.07) is 5.45. The fraction of sp³-hybridized carbons (Fsp3) is 0.0714. The number of hydrogen-bond donors (Lipinski definition) is 1. The van der Waals surface area contributed by atoms with Gasteiger partial charge in [-0.1, -0.05) is 23.2 Å². The molecule has 0 atom stereocenters. The molecule has 0 saturated heterocycles. The van der Waals surface area contributed by atoms with Gasteiger partial charge in [-0.25, -0.2) is 17.8 Å². The van der Waals surface area contributed by atoms with Gasteiger partial charge < -0.3 is 4.98 Å². The number of anilines is 1. The minimum Gasteiger partial charge on any atom is -0.360 e. The van der Waals surface area contributed by atoms with E-state index in [0.29, 0.717) is 15.9 Å². The Balaban J connectivity index is 2.12. The van der Waals surface area contributed by atoms with E-state index in [-0.39, 0.29) is 15.7 Å². The van der Waals surface area contributed by atoms with E-state index in [1.165, 1.54) is 25.4 Å². The van der Waals surface area contributed by atoms with Crippen molar-refractivity contribution < 1.29 is 12.8 Å². The molecular weight excluding hydrogens is 364 g/mol. The Bertz CT molecular complexity index is 987. The SMILES string of the molecule is CN(c1ccc(F)cn1)S(=O)(=O)c1c[nH]c2cc(Cl)c(Cl)cc12. The Labute approximate surface area is 141 Å². The summed E-state index contributed by atoms with van der Waals surface area (Å²) in [7, 11) is -2.56. The van der Waals surface area contributed by atoms with Gasteiger partial charge >= 0.3 is 0 Å². The molecule has 2 heterocycles. The fourth-order valence-electron chi connectivity index (χ4n) is 2.13. The molecule has 3 aromatic rings. The third-order valence-corrected chi connectivity index (χ3v) is 5.88. The van der Waals surface area contributed by atoms with Crippen LogP contribution in [0, 0.1) is 5.82 Å². The molecule has 5 nitrogen and oxygen atoms in total. The van der Waals surface area contributed by atoms with E-state index in [9.17, 15) is 12.8 Å². The summed E-state index contributed by atoms with van der Waals surface area (Å²) < 4.78 is 39.5. The molecule has 1 aromatic carbocycles. The van der Waals surface area contributed by atoms with Crippen LogP contribution in [0.1, 0.15) is 0 Å². The maximum Gasteiger partial charge on any atom is 0.267 e. The number of aromatic nitrogens is 2. The third kappa shape index (κ3) is 2.75. The zero-order valence-corrected chi connectivity index (χ0v) is 14.0. The van der Waals surface area contributed by atoms with Gasteiger partial charge in [-0.05, 0) is 24.3 Å². The minimum atomic E-state index is -3.90. The lowest BCUT2D eigenvalue weighted by Gasteiger charge is -2.17. The number of pyridine rings is 1. The highest BCUT2D eigenvalue weighted by Gasteiger charge is 2.26. The number of sulfonamides is 1. The fourth-order valence-corrected chi connectivity index (χ4v) is 3.76. The minimum absolute atomic E-state index is 0.0275. The van der Waals surface area contributed by atoms with Crippen LogP contribution in [0.5, 0.6) is 0 Å². The molecule has 3 rings (SSSR count). The molecule has 0 aliphatic heterocycles. The third-order valence-electron chi connectivity index (χ3n) is 3.36. The Morgan fingerprint density at radius 1 is 1.22 bits per heavy atom. The first-order valence-corrected chi connectivity index (χ1v) is 8.57. The van der Waals surface area contributed by atoms with Crippen LogP contribution >= 0.6 is 23.2 Å². The monoisotopic (exact) mass is 373 g/mol. The Hall–Kier alpha value is -1.83. The number of fused-ring (bicyclic) bond motifs is 1. The second kappa shape index (κ2) is 5.67. The zero-order valence-electron chi connectivity index (χ0n) is 11.7. The molecule has 1 N–H and O–H groups in total. The molecule has 0 amide bonds. The van der Waals surface area contributed by atoms with E-state index in [1.54, 1.807) is 6.07 Å². The number of hydrogen-bond acceptors (Lipinski definition) is 3. The van der Waals surface area contributed by atoms with E-state index in [0.717, 1.165) is 16.6 Å². The van der Waals surface area contributed by atoms with Crippen molar-refractivity contribution in [3.63, 3.8) is 0 Å². The molecule has 9 heteroatoms. The standard InChI is InChI=1S/C14H10Cl2FN3O2S/c1-20(14-3-2-8(17)6-19-14)23(21,22)13-7-18-12-5-11(16)10(15)4-9(12)13/h2-7,18H,1H3. The van der Waals surface area contributed by atoms with Crippen molar-refractivity contribution in [2.45, 2.75) is 4.90 Å². The number of nitrogens with zero attached hydrogens (tertiary/aromatic N) is 2. The maximum atomic E-state index is 12.9. The summed E-state index contributed by atoms with van der Waals surface area (Å²) in [6.45, 7) is 0.